The number of aromatic nitrogens is 3. The van der Waals surface area contributed by atoms with E-state index in [1.165, 1.54) is 0 Å². The maximum Gasteiger partial charge on any atom is 0.246 e. The molecule has 1 aliphatic rings. The van der Waals surface area contributed by atoms with Gasteiger partial charge in [-0.25, -0.2) is 15.0 Å². The quantitative estimate of drug-likeness (QED) is 0.673. The molecule has 1 N–H and O–H groups in total. The molecule has 0 spiro atoms. The maximum atomic E-state index is 12.6. The molecule has 1 saturated heterocycles. The van der Waals surface area contributed by atoms with Crippen molar-refractivity contribution in [2.45, 2.75) is 19.3 Å². The highest BCUT2D eigenvalue weighted by Gasteiger charge is 2.27. The van der Waals surface area contributed by atoms with E-state index in [9.17, 15) is 4.79 Å². The molecule has 1 atom stereocenters. The van der Waals surface area contributed by atoms with Crippen LogP contribution in [0.2, 0.25) is 0 Å². The molecule has 2 aromatic heterocycles. The normalized spacial score (nSPS) is 16.3. The van der Waals surface area contributed by atoms with E-state index in [0.29, 0.717) is 12.4 Å². The molecular weight excluding hydrogens is 362 g/mol. The third kappa shape index (κ3) is 4.85. The van der Waals surface area contributed by atoms with Gasteiger partial charge in [0, 0.05) is 37.3 Å². The molecular formula is C23H23N5O. The van der Waals surface area contributed by atoms with Crippen LogP contribution >= 0.6 is 0 Å². The zero-order valence-electron chi connectivity index (χ0n) is 16.3. The summed E-state index contributed by atoms with van der Waals surface area (Å²) in [4.78, 5) is 27.8. The minimum Gasteiger partial charge on any atom is -0.338 e. The van der Waals surface area contributed by atoms with E-state index in [-0.39, 0.29) is 11.8 Å². The van der Waals surface area contributed by atoms with Crippen molar-refractivity contribution >= 4 is 23.6 Å². The van der Waals surface area contributed by atoms with E-state index < -0.39 is 0 Å². The molecule has 6 heteroatoms. The third-order valence-corrected chi connectivity index (χ3v) is 4.91. The van der Waals surface area contributed by atoms with Crippen LogP contribution in [-0.2, 0) is 4.79 Å². The monoisotopic (exact) mass is 385 g/mol. The van der Waals surface area contributed by atoms with E-state index in [4.69, 9.17) is 0 Å². The Labute approximate surface area is 170 Å². The molecule has 0 unspecified atom stereocenters. The summed E-state index contributed by atoms with van der Waals surface area (Å²) in [5, 5.41) is 3.23. The molecule has 0 bridgehead atoms. The van der Waals surface area contributed by atoms with Crippen molar-refractivity contribution in [1.82, 2.24) is 19.9 Å². The molecule has 6 nitrogen and oxygen atoms in total. The zero-order valence-corrected chi connectivity index (χ0v) is 16.3. The molecule has 4 rings (SSSR count). The van der Waals surface area contributed by atoms with Gasteiger partial charge in [-0.2, -0.15) is 0 Å². The standard InChI is InChI=1S/C23H23N5O/c1-17-25-20(15-22(26-17)27-21-9-5-6-13-24-21)19-12-14-28(16-19)23(29)11-10-18-7-3-2-4-8-18/h2-11,13,15,19H,12,14,16H2,1H3,(H,24,25,26,27)/b11-10+/t19-/m0/s1. The Morgan fingerprint density at radius 3 is 2.72 bits per heavy atom. The van der Waals surface area contributed by atoms with Crippen molar-refractivity contribution in [1.29, 1.82) is 0 Å². The Hall–Kier alpha value is -3.54. The lowest BCUT2D eigenvalue weighted by Crippen LogP contribution is -2.26. The fourth-order valence-electron chi connectivity index (χ4n) is 3.47. The van der Waals surface area contributed by atoms with Crippen molar-refractivity contribution in [3.63, 3.8) is 0 Å². The van der Waals surface area contributed by atoms with E-state index in [1.54, 1.807) is 12.3 Å². The summed E-state index contributed by atoms with van der Waals surface area (Å²) in [5.41, 5.74) is 1.98. The number of nitrogens with zero attached hydrogens (tertiary/aromatic N) is 4. The highest BCUT2D eigenvalue weighted by Crippen LogP contribution is 2.28. The van der Waals surface area contributed by atoms with Gasteiger partial charge in [0.15, 0.2) is 0 Å². The van der Waals surface area contributed by atoms with Crippen LogP contribution in [0.1, 0.15) is 29.4 Å². The van der Waals surface area contributed by atoms with Crippen LogP contribution in [-0.4, -0.2) is 38.8 Å². The van der Waals surface area contributed by atoms with E-state index >= 15 is 0 Å². The molecule has 146 valence electrons. The van der Waals surface area contributed by atoms with Crippen LogP contribution in [0.15, 0.2) is 66.9 Å². The number of pyridine rings is 1. The van der Waals surface area contributed by atoms with Crippen LogP contribution < -0.4 is 5.32 Å². The van der Waals surface area contributed by atoms with Crippen LogP contribution in [0.4, 0.5) is 11.6 Å². The Bertz CT molecular complexity index is 1000. The molecule has 1 fully saturated rings. The summed E-state index contributed by atoms with van der Waals surface area (Å²) in [6.07, 6.45) is 6.14. The molecule has 0 aliphatic carbocycles. The zero-order chi connectivity index (χ0) is 20.1. The first-order valence-corrected chi connectivity index (χ1v) is 9.73. The second kappa shape index (κ2) is 8.65. The molecule has 29 heavy (non-hydrogen) atoms. The van der Waals surface area contributed by atoms with Crippen molar-refractivity contribution in [3.05, 3.63) is 84.0 Å². The summed E-state index contributed by atoms with van der Waals surface area (Å²) in [5.74, 6) is 2.41. The number of rotatable bonds is 5. The SMILES string of the molecule is Cc1nc(Nc2ccccn2)cc([C@H]2CCN(C(=O)/C=C/c3ccccc3)C2)n1. The third-order valence-electron chi connectivity index (χ3n) is 4.91. The molecule has 1 aromatic carbocycles. The minimum atomic E-state index is 0.0361. The number of likely N-dealkylation sites (tertiary alicyclic amines) is 1. The molecule has 0 saturated carbocycles. The Morgan fingerprint density at radius 2 is 1.93 bits per heavy atom. The van der Waals surface area contributed by atoms with Crippen molar-refractivity contribution < 1.29 is 4.79 Å². The number of benzene rings is 1. The summed E-state index contributed by atoms with van der Waals surface area (Å²) >= 11 is 0. The van der Waals surface area contributed by atoms with Gasteiger partial charge in [-0.05, 0) is 37.1 Å². The van der Waals surface area contributed by atoms with E-state index in [0.717, 1.165) is 35.9 Å². The lowest BCUT2D eigenvalue weighted by Gasteiger charge is -2.15. The van der Waals surface area contributed by atoms with E-state index in [1.807, 2.05) is 72.5 Å². The second-order valence-electron chi connectivity index (χ2n) is 7.08. The van der Waals surface area contributed by atoms with Gasteiger partial charge in [0.2, 0.25) is 5.91 Å². The van der Waals surface area contributed by atoms with Gasteiger partial charge in [0.05, 0.1) is 5.69 Å². The van der Waals surface area contributed by atoms with Crippen LogP contribution in [0.3, 0.4) is 0 Å². The topological polar surface area (TPSA) is 71.0 Å². The van der Waals surface area contributed by atoms with Gasteiger partial charge >= 0.3 is 0 Å². The number of carbonyl (C=O) groups is 1. The summed E-state index contributed by atoms with van der Waals surface area (Å²) in [6, 6.07) is 17.5. The van der Waals surface area contributed by atoms with Gasteiger partial charge in [-0.3, -0.25) is 4.79 Å². The molecule has 3 heterocycles. The summed E-state index contributed by atoms with van der Waals surface area (Å²) in [6.45, 7) is 3.28. The molecule has 1 aliphatic heterocycles. The lowest BCUT2D eigenvalue weighted by atomic mass is 10.0. The van der Waals surface area contributed by atoms with Gasteiger partial charge in [-0.1, -0.05) is 36.4 Å². The average molecular weight is 385 g/mol. The van der Waals surface area contributed by atoms with Crippen molar-refractivity contribution in [2.24, 2.45) is 0 Å². The first-order chi connectivity index (χ1) is 14.2. The van der Waals surface area contributed by atoms with Gasteiger partial charge in [0.25, 0.3) is 0 Å². The minimum absolute atomic E-state index is 0.0361. The summed E-state index contributed by atoms with van der Waals surface area (Å²) in [7, 11) is 0. The van der Waals surface area contributed by atoms with Crippen molar-refractivity contribution in [3.8, 4) is 0 Å². The number of anilines is 2. The fraction of sp³-hybridized carbons (Fsp3) is 0.217. The van der Waals surface area contributed by atoms with Gasteiger partial charge < -0.3 is 10.2 Å². The number of hydrogen-bond donors (Lipinski definition) is 1. The second-order valence-corrected chi connectivity index (χ2v) is 7.08. The first-order valence-electron chi connectivity index (χ1n) is 9.73. The Balaban J connectivity index is 1.43. The number of carbonyl (C=O) groups excluding carboxylic acids is 1. The van der Waals surface area contributed by atoms with Crippen LogP contribution in [0, 0.1) is 6.92 Å². The smallest absolute Gasteiger partial charge is 0.246 e. The summed E-state index contributed by atoms with van der Waals surface area (Å²) < 4.78 is 0. The molecule has 0 radical (unpaired) electrons. The highest BCUT2D eigenvalue weighted by molar-refractivity contribution is 5.92. The van der Waals surface area contributed by atoms with Gasteiger partial charge in [0.1, 0.15) is 17.5 Å². The number of nitrogens with one attached hydrogen (secondary N) is 1. The van der Waals surface area contributed by atoms with E-state index in [2.05, 4.69) is 20.3 Å². The lowest BCUT2D eigenvalue weighted by molar-refractivity contribution is -0.124. The first kappa shape index (κ1) is 18.8. The highest BCUT2D eigenvalue weighted by atomic mass is 16.2. The van der Waals surface area contributed by atoms with Crippen LogP contribution in [0.5, 0.6) is 0 Å². The predicted octanol–water partition coefficient (Wildman–Crippen LogP) is 3.95. The number of hydrogen-bond acceptors (Lipinski definition) is 5. The molecule has 3 aromatic rings. The van der Waals surface area contributed by atoms with Crippen molar-refractivity contribution in [2.75, 3.05) is 18.4 Å². The number of aryl methyl sites for hydroxylation is 1. The average Bonchev–Trinajstić information content (AvgIpc) is 3.24. The predicted molar refractivity (Wildman–Crippen MR) is 114 cm³/mol. The number of amides is 1. The largest absolute Gasteiger partial charge is 0.338 e. The fourth-order valence-corrected chi connectivity index (χ4v) is 3.47. The Kier molecular flexibility index (Phi) is 5.61. The molecule has 1 amide bonds. The van der Waals surface area contributed by atoms with Crippen LogP contribution in [0.25, 0.3) is 6.08 Å². The Morgan fingerprint density at radius 1 is 1.10 bits per heavy atom. The maximum absolute atomic E-state index is 12.6. The van der Waals surface area contributed by atoms with Gasteiger partial charge in [-0.15, -0.1) is 0 Å².